The Morgan fingerprint density at radius 2 is 1.90 bits per heavy atom. The lowest BCUT2D eigenvalue weighted by atomic mass is 10.1. The van der Waals surface area contributed by atoms with Gasteiger partial charge in [0.15, 0.2) is 0 Å². The van der Waals surface area contributed by atoms with Crippen molar-refractivity contribution in [3.8, 4) is 5.75 Å². The number of carbonyl (C=O) groups is 1. The number of sulfonamides is 1. The van der Waals surface area contributed by atoms with Crippen molar-refractivity contribution in [2.45, 2.75) is 31.6 Å². The molecular formula is C22H24N2O4S2. The summed E-state index contributed by atoms with van der Waals surface area (Å²) in [6, 6.07) is 12.7. The van der Waals surface area contributed by atoms with Gasteiger partial charge >= 0.3 is 0 Å². The van der Waals surface area contributed by atoms with Crippen LogP contribution in [0.15, 0.2) is 47.4 Å². The Kier molecular flexibility index (Phi) is 5.81. The van der Waals surface area contributed by atoms with Crippen molar-refractivity contribution in [1.82, 2.24) is 4.31 Å². The molecule has 2 heterocycles. The van der Waals surface area contributed by atoms with Crippen LogP contribution in [0.5, 0.6) is 5.75 Å². The Morgan fingerprint density at radius 3 is 2.60 bits per heavy atom. The number of fused-ring (bicyclic) bond motifs is 1. The van der Waals surface area contributed by atoms with Crippen LogP contribution < -0.4 is 10.1 Å². The van der Waals surface area contributed by atoms with Crippen molar-refractivity contribution < 1.29 is 17.9 Å². The predicted molar refractivity (Wildman–Crippen MR) is 120 cm³/mol. The molecule has 0 radical (unpaired) electrons. The maximum absolute atomic E-state index is 13.1. The molecule has 0 aliphatic carbocycles. The Bertz CT molecular complexity index is 1200. The summed E-state index contributed by atoms with van der Waals surface area (Å²) in [5.74, 6) is 0.0582. The van der Waals surface area contributed by atoms with E-state index in [1.807, 2.05) is 38.1 Å². The molecule has 30 heavy (non-hydrogen) atoms. The highest BCUT2D eigenvalue weighted by molar-refractivity contribution is 7.89. The Morgan fingerprint density at radius 1 is 1.17 bits per heavy atom. The Balaban J connectivity index is 1.67. The highest BCUT2D eigenvalue weighted by atomic mass is 32.2. The van der Waals surface area contributed by atoms with Gasteiger partial charge in [0.1, 0.15) is 10.6 Å². The number of ether oxygens (including phenoxy) is 1. The molecule has 6 nitrogen and oxygen atoms in total. The van der Waals surface area contributed by atoms with Crippen molar-refractivity contribution in [3.05, 3.63) is 52.9 Å². The Labute approximate surface area is 180 Å². The van der Waals surface area contributed by atoms with E-state index in [4.69, 9.17) is 4.74 Å². The lowest BCUT2D eigenvalue weighted by Crippen LogP contribution is -2.28. The van der Waals surface area contributed by atoms with Crippen LogP contribution in [0.3, 0.4) is 0 Å². The van der Waals surface area contributed by atoms with Crippen molar-refractivity contribution in [2.24, 2.45) is 0 Å². The van der Waals surface area contributed by atoms with Gasteiger partial charge in [-0.3, -0.25) is 4.79 Å². The SMILES string of the molecule is CCOc1ccc(NC(=O)c2sc3ccccc3c2C)cc1S(=O)(=O)N1CCCC1. The van der Waals surface area contributed by atoms with E-state index in [1.54, 1.807) is 12.1 Å². The second kappa shape index (κ2) is 8.37. The molecule has 0 unspecified atom stereocenters. The number of rotatable bonds is 6. The number of hydrogen-bond acceptors (Lipinski definition) is 5. The van der Waals surface area contributed by atoms with E-state index in [9.17, 15) is 13.2 Å². The second-order valence-electron chi connectivity index (χ2n) is 7.21. The third-order valence-electron chi connectivity index (χ3n) is 5.23. The number of benzene rings is 2. The first-order chi connectivity index (χ1) is 14.4. The van der Waals surface area contributed by atoms with Gasteiger partial charge < -0.3 is 10.1 Å². The topological polar surface area (TPSA) is 75.7 Å². The van der Waals surface area contributed by atoms with Gasteiger partial charge in [0.2, 0.25) is 10.0 Å². The summed E-state index contributed by atoms with van der Waals surface area (Å²) in [5, 5.41) is 3.92. The zero-order valence-corrected chi connectivity index (χ0v) is 18.6. The molecule has 2 aromatic carbocycles. The summed E-state index contributed by atoms with van der Waals surface area (Å²) >= 11 is 1.43. The molecule has 1 N–H and O–H groups in total. The average Bonchev–Trinajstić information content (AvgIpc) is 3.39. The van der Waals surface area contributed by atoms with Crippen LogP contribution in [-0.4, -0.2) is 38.3 Å². The summed E-state index contributed by atoms with van der Waals surface area (Å²) in [6.45, 7) is 5.10. The first kappa shape index (κ1) is 20.8. The van der Waals surface area contributed by atoms with Gasteiger partial charge in [0.05, 0.1) is 11.5 Å². The lowest BCUT2D eigenvalue weighted by Gasteiger charge is -2.19. The number of anilines is 1. The average molecular weight is 445 g/mol. The molecule has 3 aromatic rings. The smallest absolute Gasteiger partial charge is 0.266 e. The molecule has 0 atom stereocenters. The molecule has 4 rings (SSSR count). The first-order valence-electron chi connectivity index (χ1n) is 9.98. The largest absolute Gasteiger partial charge is 0.492 e. The summed E-state index contributed by atoms with van der Waals surface area (Å²) in [4.78, 5) is 13.7. The van der Waals surface area contributed by atoms with Gasteiger partial charge in [-0.15, -0.1) is 11.3 Å². The molecule has 1 aliphatic heterocycles. The number of nitrogens with one attached hydrogen (secondary N) is 1. The van der Waals surface area contributed by atoms with Gasteiger partial charge in [-0.05, 0) is 61.9 Å². The highest BCUT2D eigenvalue weighted by Crippen LogP contribution is 2.34. The number of thiophene rings is 1. The van der Waals surface area contributed by atoms with Crippen molar-refractivity contribution in [2.75, 3.05) is 25.0 Å². The fourth-order valence-electron chi connectivity index (χ4n) is 3.71. The number of nitrogens with zero attached hydrogens (tertiary/aromatic N) is 1. The molecular weight excluding hydrogens is 420 g/mol. The minimum absolute atomic E-state index is 0.0945. The summed E-state index contributed by atoms with van der Waals surface area (Å²) < 4.78 is 34.4. The standard InChI is InChI=1S/C22H24N2O4S2/c1-3-28-18-11-10-16(14-20(18)30(26,27)24-12-6-7-13-24)23-22(25)21-15(2)17-8-4-5-9-19(17)29-21/h4-5,8-11,14H,3,6-7,12-13H2,1-2H3,(H,23,25). The molecule has 1 fully saturated rings. The minimum atomic E-state index is -3.68. The van der Waals surface area contributed by atoms with E-state index in [-0.39, 0.29) is 10.8 Å². The molecule has 1 aliphatic rings. The van der Waals surface area contributed by atoms with Crippen molar-refractivity contribution in [1.29, 1.82) is 0 Å². The number of amides is 1. The molecule has 1 aromatic heterocycles. The maximum atomic E-state index is 13.1. The number of hydrogen-bond donors (Lipinski definition) is 1. The summed E-state index contributed by atoms with van der Waals surface area (Å²) in [5.41, 5.74) is 1.35. The third-order valence-corrected chi connectivity index (χ3v) is 8.43. The van der Waals surface area contributed by atoms with E-state index in [0.29, 0.717) is 36.0 Å². The normalized spacial score (nSPS) is 14.9. The predicted octanol–water partition coefficient (Wildman–Crippen LogP) is 4.65. The van der Waals surface area contributed by atoms with Gasteiger partial charge in [-0.25, -0.2) is 8.42 Å². The van der Waals surface area contributed by atoms with Gasteiger partial charge in [-0.2, -0.15) is 4.31 Å². The molecule has 0 bridgehead atoms. The first-order valence-corrected chi connectivity index (χ1v) is 12.2. The number of aryl methyl sites for hydroxylation is 1. The molecule has 0 spiro atoms. The fourth-order valence-corrected chi connectivity index (χ4v) is 6.49. The molecule has 0 saturated carbocycles. The van der Waals surface area contributed by atoms with Crippen LogP contribution >= 0.6 is 11.3 Å². The van der Waals surface area contributed by atoms with Crippen molar-refractivity contribution >= 4 is 43.0 Å². The highest BCUT2D eigenvalue weighted by Gasteiger charge is 2.30. The second-order valence-corrected chi connectivity index (χ2v) is 10.2. The van der Waals surface area contributed by atoms with E-state index in [1.165, 1.54) is 21.7 Å². The van der Waals surface area contributed by atoms with E-state index in [0.717, 1.165) is 28.5 Å². The van der Waals surface area contributed by atoms with Crippen LogP contribution in [0.2, 0.25) is 0 Å². The molecule has 158 valence electrons. The van der Waals surface area contributed by atoms with Gasteiger partial charge in [-0.1, -0.05) is 18.2 Å². The van der Waals surface area contributed by atoms with E-state index in [2.05, 4.69) is 5.32 Å². The van der Waals surface area contributed by atoms with Gasteiger partial charge in [0, 0.05) is 23.5 Å². The minimum Gasteiger partial charge on any atom is -0.492 e. The van der Waals surface area contributed by atoms with E-state index >= 15 is 0 Å². The van der Waals surface area contributed by atoms with Crippen LogP contribution in [0, 0.1) is 6.92 Å². The van der Waals surface area contributed by atoms with Crippen molar-refractivity contribution in [3.63, 3.8) is 0 Å². The lowest BCUT2D eigenvalue weighted by molar-refractivity contribution is 0.103. The molecule has 1 amide bonds. The van der Waals surface area contributed by atoms with Crippen LogP contribution in [-0.2, 0) is 10.0 Å². The maximum Gasteiger partial charge on any atom is 0.266 e. The quantitative estimate of drug-likeness (QED) is 0.601. The number of carbonyl (C=O) groups excluding carboxylic acids is 1. The summed E-state index contributed by atoms with van der Waals surface area (Å²) in [7, 11) is -3.68. The molecule has 1 saturated heterocycles. The third kappa shape index (κ3) is 3.82. The Hall–Kier alpha value is -2.42. The van der Waals surface area contributed by atoms with E-state index < -0.39 is 10.0 Å². The fraction of sp³-hybridized carbons (Fsp3) is 0.318. The monoisotopic (exact) mass is 444 g/mol. The summed E-state index contributed by atoms with van der Waals surface area (Å²) in [6.07, 6.45) is 1.70. The zero-order chi connectivity index (χ0) is 21.3. The molecule has 8 heteroatoms. The van der Waals surface area contributed by atoms with Crippen LogP contribution in [0.25, 0.3) is 10.1 Å². The van der Waals surface area contributed by atoms with Gasteiger partial charge in [0.25, 0.3) is 5.91 Å². The van der Waals surface area contributed by atoms with Crippen LogP contribution in [0.1, 0.15) is 35.0 Å². The zero-order valence-electron chi connectivity index (χ0n) is 17.0. The van der Waals surface area contributed by atoms with Crippen LogP contribution in [0.4, 0.5) is 5.69 Å².